The van der Waals surface area contributed by atoms with Gasteiger partial charge in [-0.25, -0.2) is 9.97 Å². The summed E-state index contributed by atoms with van der Waals surface area (Å²) in [6.45, 7) is 13.0. The standard InChI is InChI=1S/C18H25N3S2/c1-10(2)9-22-17-15(19)20-14-12-7-6-11(18(3,4)5)8-13(12)23-16(14)21-17/h11H,1,6-9H2,2-5H3,(H2,19,20). The predicted molar refractivity (Wildman–Crippen MR) is 102 cm³/mol. The molecule has 3 nitrogen and oxygen atoms in total. The second-order valence-electron chi connectivity index (χ2n) is 7.62. The highest BCUT2D eigenvalue weighted by atomic mass is 32.2. The first-order valence-corrected chi connectivity index (χ1v) is 9.91. The van der Waals surface area contributed by atoms with E-state index in [4.69, 9.17) is 10.7 Å². The van der Waals surface area contributed by atoms with Gasteiger partial charge in [0.15, 0.2) is 5.82 Å². The minimum atomic E-state index is 0.357. The normalized spacial score (nSPS) is 18.2. The van der Waals surface area contributed by atoms with Crippen LogP contribution in [-0.2, 0) is 12.8 Å². The summed E-state index contributed by atoms with van der Waals surface area (Å²) in [4.78, 5) is 12.0. The van der Waals surface area contributed by atoms with E-state index >= 15 is 0 Å². The first-order valence-electron chi connectivity index (χ1n) is 8.10. The summed E-state index contributed by atoms with van der Waals surface area (Å²) in [6, 6.07) is 0. The van der Waals surface area contributed by atoms with Crippen LogP contribution in [0.1, 0.15) is 44.6 Å². The summed E-state index contributed by atoms with van der Waals surface area (Å²) in [5, 5.41) is 0.839. The number of nitrogens with two attached hydrogens (primary N) is 1. The third kappa shape index (κ3) is 3.41. The fourth-order valence-corrected chi connectivity index (χ4v) is 5.13. The molecule has 2 heterocycles. The van der Waals surface area contributed by atoms with Gasteiger partial charge in [-0.1, -0.05) is 44.7 Å². The summed E-state index contributed by atoms with van der Waals surface area (Å²) in [7, 11) is 0. The highest BCUT2D eigenvalue weighted by molar-refractivity contribution is 7.99. The van der Waals surface area contributed by atoms with Crippen LogP contribution in [-0.4, -0.2) is 15.7 Å². The van der Waals surface area contributed by atoms with Crippen molar-refractivity contribution in [2.24, 2.45) is 11.3 Å². The van der Waals surface area contributed by atoms with Crippen LogP contribution < -0.4 is 5.73 Å². The lowest BCUT2D eigenvalue weighted by atomic mass is 9.72. The third-order valence-electron chi connectivity index (χ3n) is 4.55. The molecule has 0 saturated heterocycles. The summed E-state index contributed by atoms with van der Waals surface area (Å²) in [6.07, 6.45) is 3.48. The van der Waals surface area contributed by atoms with Crippen LogP contribution >= 0.6 is 23.1 Å². The van der Waals surface area contributed by atoms with Gasteiger partial charge in [0.2, 0.25) is 0 Å². The van der Waals surface area contributed by atoms with Crippen molar-refractivity contribution in [1.29, 1.82) is 0 Å². The van der Waals surface area contributed by atoms with Crippen LogP contribution in [0.25, 0.3) is 10.3 Å². The molecular formula is C18H25N3S2. The van der Waals surface area contributed by atoms with Gasteiger partial charge in [0, 0.05) is 10.6 Å². The molecule has 5 heteroatoms. The number of aromatic nitrogens is 2. The Morgan fingerprint density at radius 2 is 2.13 bits per heavy atom. The van der Waals surface area contributed by atoms with Gasteiger partial charge in [0.05, 0.1) is 0 Å². The highest BCUT2D eigenvalue weighted by Gasteiger charge is 2.31. The molecule has 1 unspecified atom stereocenters. The van der Waals surface area contributed by atoms with Crippen LogP contribution in [0.3, 0.4) is 0 Å². The van der Waals surface area contributed by atoms with Gasteiger partial charge in [-0.05, 0) is 43.1 Å². The molecule has 23 heavy (non-hydrogen) atoms. The third-order valence-corrected chi connectivity index (χ3v) is 6.90. The smallest absolute Gasteiger partial charge is 0.156 e. The summed E-state index contributed by atoms with van der Waals surface area (Å²) < 4.78 is 0. The van der Waals surface area contributed by atoms with Crippen LogP contribution in [0.5, 0.6) is 0 Å². The van der Waals surface area contributed by atoms with Crippen LogP contribution in [0.4, 0.5) is 5.82 Å². The molecule has 1 atom stereocenters. The minimum absolute atomic E-state index is 0.357. The maximum Gasteiger partial charge on any atom is 0.156 e. The van der Waals surface area contributed by atoms with Gasteiger partial charge in [-0.15, -0.1) is 11.3 Å². The Morgan fingerprint density at radius 1 is 1.39 bits per heavy atom. The van der Waals surface area contributed by atoms with Gasteiger partial charge in [-0.3, -0.25) is 0 Å². The first kappa shape index (κ1) is 16.8. The van der Waals surface area contributed by atoms with E-state index < -0.39 is 0 Å². The number of hydrogen-bond acceptors (Lipinski definition) is 5. The van der Waals surface area contributed by atoms with Crippen LogP contribution in [0.2, 0.25) is 0 Å². The fraction of sp³-hybridized carbons (Fsp3) is 0.556. The Labute approximate surface area is 146 Å². The molecule has 3 rings (SSSR count). The number of anilines is 1. The van der Waals surface area contributed by atoms with Crippen molar-refractivity contribution in [3.63, 3.8) is 0 Å². The zero-order valence-electron chi connectivity index (χ0n) is 14.4. The van der Waals surface area contributed by atoms with E-state index in [0.29, 0.717) is 11.2 Å². The molecule has 2 aromatic heterocycles. The number of nitrogens with zero attached hydrogens (tertiary/aromatic N) is 2. The molecule has 1 aliphatic carbocycles. The molecule has 0 bridgehead atoms. The number of thioether (sulfide) groups is 1. The molecular weight excluding hydrogens is 322 g/mol. The largest absolute Gasteiger partial charge is 0.381 e. The van der Waals surface area contributed by atoms with E-state index in [1.807, 2.05) is 18.3 Å². The number of hydrogen-bond donors (Lipinski definition) is 1. The Balaban J connectivity index is 1.96. The number of nitrogen functional groups attached to an aromatic ring is 1. The Hall–Kier alpha value is -1.07. The average Bonchev–Trinajstić information content (AvgIpc) is 2.80. The molecule has 0 amide bonds. The number of thiophene rings is 1. The minimum Gasteiger partial charge on any atom is -0.381 e. The monoisotopic (exact) mass is 347 g/mol. The first-order chi connectivity index (χ1) is 10.8. The highest BCUT2D eigenvalue weighted by Crippen LogP contribution is 2.43. The number of fused-ring (bicyclic) bond motifs is 3. The molecule has 2 aromatic rings. The van der Waals surface area contributed by atoms with E-state index in [1.54, 1.807) is 11.8 Å². The molecule has 0 aromatic carbocycles. The average molecular weight is 348 g/mol. The van der Waals surface area contributed by atoms with E-state index in [9.17, 15) is 0 Å². The lowest BCUT2D eigenvalue weighted by Crippen LogP contribution is -2.26. The van der Waals surface area contributed by atoms with E-state index in [2.05, 4.69) is 32.3 Å². The molecule has 0 aliphatic heterocycles. The van der Waals surface area contributed by atoms with E-state index in [0.717, 1.165) is 45.5 Å². The summed E-state index contributed by atoms with van der Waals surface area (Å²) in [5.41, 5.74) is 10.0. The second-order valence-corrected chi connectivity index (χ2v) is 9.67. The van der Waals surface area contributed by atoms with Crippen molar-refractivity contribution < 1.29 is 0 Å². The molecule has 2 N–H and O–H groups in total. The lowest BCUT2D eigenvalue weighted by Gasteiger charge is -2.33. The Morgan fingerprint density at radius 3 is 2.78 bits per heavy atom. The second kappa shape index (κ2) is 6.10. The Kier molecular flexibility index (Phi) is 4.45. The quantitative estimate of drug-likeness (QED) is 0.620. The van der Waals surface area contributed by atoms with Crippen molar-refractivity contribution in [3.8, 4) is 0 Å². The maximum absolute atomic E-state index is 6.14. The van der Waals surface area contributed by atoms with E-state index in [1.165, 1.54) is 16.9 Å². The maximum atomic E-state index is 6.14. The van der Waals surface area contributed by atoms with Crippen molar-refractivity contribution in [2.45, 2.75) is 52.0 Å². The number of rotatable bonds is 3. The van der Waals surface area contributed by atoms with Gasteiger partial charge in [0.1, 0.15) is 15.4 Å². The van der Waals surface area contributed by atoms with Crippen LogP contribution in [0, 0.1) is 11.3 Å². The van der Waals surface area contributed by atoms with Crippen molar-refractivity contribution >= 4 is 39.3 Å². The topological polar surface area (TPSA) is 51.8 Å². The number of aryl methyl sites for hydroxylation is 1. The lowest BCUT2D eigenvalue weighted by molar-refractivity contribution is 0.218. The zero-order chi connectivity index (χ0) is 16.8. The Bertz CT molecular complexity index is 756. The predicted octanol–water partition coefficient (Wildman–Crippen LogP) is 5.09. The van der Waals surface area contributed by atoms with E-state index in [-0.39, 0.29) is 0 Å². The molecule has 1 aliphatic rings. The van der Waals surface area contributed by atoms with Gasteiger partial charge in [0.25, 0.3) is 0 Å². The van der Waals surface area contributed by atoms with Gasteiger partial charge >= 0.3 is 0 Å². The fourth-order valence-electron chi connectivity index (χ4n) is 3.10. The summed E-state index contributed by atoms with van der Waals surface area (Å²) in [5.74, 6) is 2.13. The van der Waals surface area contributed by atoms with Gasteiger partial charge < -0.3 is 5.73 Å². The van der Waals surface area contributed by atoms with Crippen molar-refractivity contribution in [1.82, 2.24) is 9.97 Å². The van der Waals surface area contributed by atoms with Crippen molar-refractivity contribution in [2.75, 3.05) is 11.5 Å². The SMILES string of the molecule is C=C(C)CSc1nc2sc3c(c2nc1N)CCC(C(C)(C)C)C3. The molecule has 0 saturated carbocycles. The zero-order valence-corrected chi connectivity index (χ0v) is 16.0. The molecule has 124 valence electrons. The molecule has 0 radical (unpaired) electrons. The van der Waals surface area contributed by atoms with Crippen LogP contribution in [0.15, 0.2) is 17.2 Å². The summed E-state index contributed by atoms with van der Waals surface area (Å²) >= 11 is 3.44. The van der Waals surface area contributed by atoms with Gasteiger partial charge in [-0.2, -0.15) is 0 Å². The molecule has 0 spiro atoms. The molecule has 0 fully saturated rings. The van der Waals surface area contributed by atoms with Crippen molar-refractivity contribution in [3.05, 3.63) is 22.6 Å².